The van der Waals surface area contributed by atoms with E-state index in [-0.39, 0.29) is 29.9 Å². The molecule has 0 spiro atoms. The zero-order valence-corrected chi connectivity index (χ0v) is 16.4. The summed E-state index contributed by atoms with van der Waals surface area (Å²) in [6.45, 7) is 2.39. The molecule has 7 nitrogen and oxygen atoms in total. The summed E-state index contributed by atoms with van der Waals surface area (Å²) in [4.78, 5) is 11.3. The van der Waals surface area contributed by atoms with Crippen molar-refractivity contribution in [3.63, 3.8) is 0 Å². The predicted molar refractivity (Wildman–Crippen MR) is 111 cm³/mol. The van der Waals surface area contributed by atoms with Crippen LogP contribution in [0.3, 0.4) is 0 Å². The van der Waals surface area contributed by atoms with Crippen molar-refractivity contribution in [2.24, 2.45) is 0 Å². The maximum Gasteiger partial charge on any atom is 0.336 e. The topological polar surface area (TPSA) is 90.2 Å². The molecular weight excluding hydrogens is 398 g/mol. The molecule has 0 saturated carbocycles. The molecule has 0 aliphatic carbocycles. The van der Waals surface area contributed by atoms with Crippen LogP contribution >= 0.6 is 12.4 Å². The van der Waals surface area contributed by atoms with Gasteiger partial charge in [-0.05, 0) is 43.3 Å². The van der Waals surface area contributed by atoms with Gasteiger partial charge in [-0.15, -0.1) is 12.4 Å². The summed E-state index contributed by atoms with van der Waals surface area (Å²) in [5.41, 5.74) is 0.143. The summed E-state index contributed by atoms with van der Waals surface area (Å²) in [6, 6.07) is 13.4. The van der Waals surface area contributed by atoms with E-state index >= 15 is 0 Å². The Morgan fingerprint density at radius 1 is 1.10 bits per heavy atom. The fourth-order valence-electron chi connectivity index (χ4n) is 2.99. The van der Waals surface area contributed by atoms with Gasteiger partial charge in [-0.2, -0.15) is 0 Å². The van der Waals surface area contributed by atoms with Gasteiger partial charge in [0.15, 0.2) is 11.5 Å². The number of phenolic OH excluding ortho intramolecular Hbond substituents is 1. The number of benzene rings is 2. The third-order valence-corrected chi connectivity index (χ3v) is 4.38. The standard InChI is InChI=1S/C21H21NO6.ClH/c23-15-4-6-18-20(10-15)27-17(13-26-18)12-22-8-1-9-25-16-5-2-14-3-7-21(24)28-19(14)11-16;/h2-7,10-11,17,22-23H,1,8-9,12-13H2;1H/t17-;/m0./s1. The van der Waals surface area contributed by atoms with Crippen molar-refractivity contribution < 1.29 is 23.7 Å². The molecule has 2 heterocycles. The van der Waals surface area contributed by atoms with Crippen LogP contribution in [0.15, 0.2) is 57.7 Å². The van der Waals surface area contributed by atoms with Crippen molar-refractivity contribution in [1.29, 1.82) is 0 Å². The molecule has 154 valence electrons. The van der Waals surface area contributed by atoms with Crippen molar-refractivity contribution in [2.75, 3.05) is 26.3 Å². The number of aromatic hydroxyl groups is 1. The maximum absolute atomic E-state index is 11.3. The molecule has 4 rings (SSSR count). The summed E-state index contributed by atoms with van der Waals surface area (Å²) >= 11 is 0. The van der Waals surface area contributed by atoms with Gasteiger partial charge in [0.05, 0.1) is 6.61 Å². The SMILES string of the molecule is Cl.O=c1ccc2ccc(OCCCNC[C@H]3COc4ccc(O)cc4O3)cc2o1. The van der Waals surface area contributed by atoms with Crippen LogP contribution in [0.4, 0.5) is 0 Å². The number of nitrogens with one attached hydrogen (secondary N) is 1. The summed E-state index contributed by atoms with van der Waals surface area (Å²) in [5, 5.41) is 13.7. The summed E-state index contributed by atoms with van der Waals surface area (Å²) in [7, 11) is 0. The zero-order valence-electron chi connectivity index (χ0n) is 15.6. The molecule has 1 atom stereocenters. The second-order valence-electron chi connectivity index (χ2n) is 6.54. The summed E-state index contributed by atoms with van der Waals surface area (Å²) < 4.78 is 22.3. The predicted octanol–water partition coefficient (Wildman–Crippen LogP) is 3.12. The lowest BCUT2D eigenvalue weighted by molar-refractivity contribution is 0.0898. The minimum Gasteiger partial charge on any atom is -0.508 e. The minimum atomic E-state index is -0.374. The molecule has 0 fully saturated rings. The molecule has 3 aromatic rings. The van der Waals surface area contributed by atoms with Crippen molar-refractivity contribution in [3.8, 4) is 23.0 Å². The van der Waals surface area contributed by atoms with E-state index in [2.05, 4.69) is 5.32 Å². The first-order valence-corrected chi connectivity index (χ1v) is 9.17. The molecule has 1 aliphatic heterocycles. The largest absolute Gasteiger partial charge is 0.508 e. The lowest BCUT2D eigenvalue weighted by Crippen LogP contribution is -2.39. The molecule has 0 amide bonds. The molecule has 2 N–H and O–H groups in total. The van der Waals surface area contributed by atoms with Crippen molar-refractivity contribution in [2.45, 2.75) is 12.5 Å². The van der Waals surface area contributed by atoms with Crippen LogP contribution in [0.25, 0.3) is 11.0 Å². The number of hydrogen-bond acceptors (Lipinski definition) is 7. The number of halogens is 1. The van der Waals surface area contributed by atoms with Crippen molar-refractivity contribution in [3.05, 3.63) is 59.0 Å². The average molecular weight is 420 g/mol. The molecule has 29 heavy (non-hydrogen) atoms. The van der Waals surface area contributed by atoms with Crippen LogP contribution in [0, 0.1) is 0 Å². The highest BCUT2D eigenvalue weighted by Crippen LogP contribution is 2.34. The molecular formula is C21H22ClNO6. The van der Waals surface area contributed by atoms with Gasteiger partial charge in [-0.25, -0.2) is 4.79 Å². The Labute approximate surface area is 173 Å². The van der Waals surface area contributed by atoms with Gasteiger partial charge in [0, 0.05) is 30.1 Å². The van der Waals surface area contributed by atoms with Gasteiger partial charge in [-0.1, -0.05) is 0 Å². The molecule has 8 heteroatoms. The highest BCUT2D eigenvalue weighted by Gasteiger charge is 2.20. The van der Waals surface area contributed by atoms with Crippen LogP contribution in [0.2, 0.25) is 0 Å². The van der Waals surface area contributed by atoms with Crippen LogP contribution in [0.1, 0.15) is 6.42 Å². The fraction of sp³-hybridized carbons (Fsp3) is 0.286. The third-order valence-electron chi connectivity index (χ3n) is 4.38. The average Bonchev–Trinajstić information content (AvgIpc) is 2.70. The summed E-state index contributed by atoms with van der Waals surface area (Å²) in [5.74, 6) is 2.03. The highest BCUT2D eigenvalue weighted by molar-refractivity contribution is 5.85. The molecule has 1 aliphatic rings. The molecule has 0 unspecified atom stereocenters. The Hall–Kier alpha value is -2.90. The van der Waals surface area contributed by atoms with E-state index in [0.29, 0.717) is 42.6 Å². The van der Waals surface area contributed by atoms with Crippen molar-refractivity contribution >= 4 is 23.4 Å². The van der Waals surface area contributed by atoms with E-state index in [1.165, 1.54) is 6.07 Å². The Balaban J connectivity index is 0.00000240. The van der Waals surface area contributed by atoms with Gasteiger partial charge >= 0.3 is 5.63 Å². The first-order chi connectivity index (χ1) is 13.7. The Morgan fingerprint density at radius 2 is 1.97 bits per heavy atom. The minimum absolute atomic E-state index is 0. The number of hydrogen-bond donors (Lipinski definition) is 2. The van der Waals surface area contributed by atoms with E-state index in [1.54, 1.807) is 30.3 Å². The Bertz CT molecular complexity index is 1020. The van der Waals surface area contributed by atoms with E-state index in [1.807, 2.05) is 12.1 Å². The van der Waals surface area contributed by atoms with Crippen LogP contribution in [-0.4, -0.2) is 37.5 Å². The highest BCUT2D eigenvalue weighted by atomic mass is 35.5. The first-order valence-electron chi connectivity index (χ1n) is 9.17. The van der Waals surface area contributed by atoms with E-state index in [9.17, 15) is 9.90 Å². The Morgan fingerprint density at radius 3 is 2.86 bits per heavy atom. The van der Waals surface area contributed by atoms with Gasteiger partial charge in [-0.3, -0.25) is 0 Å². The molecule has 2 aromatic carbocycles. The zero-order chi connectivity index (χ0) is 19.3. The van der Waals surface area contributed by atoms with Crippen LogP contribution in [0.5, 0.6) is 23.0 Å². The molecule has 0 saturated heterocycles. The molecule has 0 bridgehead atoms. The summed E-state index contributed by atoms with van der Waals surface area (Å²) in [6.07, 6.45) is 0.695. The van der Waals surface area contributed by atoms with Gasteiger partial charge in [0.25, 0.3) is 0 Å². The quantitative estimate of drug-likeness (QED) is 0.449. The smallest absolute Gasteiger partial charge is 0.336 e. The second-order valence-corrected chi connectivity index (χ2v) is 6.54. The number of ether oxygens (including phenoxy) is 3. The second kappa shape index (κ2) is 9.54. The normalized spacial score (nSPS) is 15.0. The van der Waals surface area contributed by atoms with Gasteiger partial charge < -0.3 is 29.1 Å². The lowest BCUT2D eigenvalue weighted by atomic mass is 10.2. The van der Waals surface area contributed by atoms with Gasteiger partial charge in [0.1, 0.15) is 29.8 Å². The maximum atomic E-state index is 11.3. The fourth-order valence-corrected chi connectivity index (χ4v) is 2.99. The van der Waals surface area contributed by atoms with E-state index < -0.39 is 0 Å². The number of rotatable bonds is 7. The molecule has 0 radical (unpaired) electrons. The number of phenols is 1. The Kier molecular flexibility index (Phi) is 6.85. The lowest BCUT2D eigenvalue weighted by Gasteiger charge is -2.26. The van der Waals surface area contributed by atoms with Crippen LogP contribution < -0.4 is 25.2 Å². The van der Waals surface area contributed by atoms with Crippen molar-refractivity contribution in [1.82, 2.24) is 5.32 Å². The first kappa shape index (κ1) is 20.8. The van der Waals surface area contributed by atoms with Crippen LogP contribution in [-0.2, 0) is 0 Å². The van der Waals surface area contributed by atoms with E-state index in [4.69, 9.17) is 18.6 Å². The van der Waals surface area contributed by atoms with E-state index in [0.717, 1.165) is 18.4 Å². The third kappa shape index (κ3) is 5.34. The molecule has 1 aromatic heterocycles. The van der Waals surface area contributed by atoms with Gasteiger partial charge in [0.2, 0.25) is 0 Å². The monoisotopic (exact) mass is 419 g/mol. The number of fused-ring (bicyclic) bond motifs is 2.